The van der Waals surface area contributed by atoms with Gasteiger partial charge in [0.1, 0.15) is 0 Å². The first-order chi connectivity index (χ1) is 13.3. The Hall–Kier alpha value is -1.11. The summed E-state index contributed by atoms with van der Waals surface area (Å²) in [5, 5.41) is 7.95. The van der Waals surface area contributed by atoms with E-state index in [1.165, 1.54) is 0 Å². The highest BCUT2D eigenvalue weighted by Gasteiger charge is 2.33. The van der Waals surface area contributed by atoms with Gasteiger partial charge in [0.2, 0.25) is 0 Å². The standard InChI is InChI=1S/C18H27F3N4O2S.HI/c1-3-22-17(23-10-9-15-25-14(11-28-15)18(19,20)21)24-13-7-5-12(6-8-13)16(26)27-4-2;/h11-13H,3-10H2,1-2H3,(H2,22,23,24);1H. The molecule has 0 radical (unpaired) electrons. The van der Waals surface area contributed by atoms with Gasteiger partial charge in [-0.2, -0.15) is 13.2 Å². The molecule has 29 heavy (non-hydrogen) atoms. The van der Waals surface area contributed by atoms with E-state index in [0.717, 1.165) is 42.4 Å². The molecule has 6 nitrogen and oxygen atoms in total. The second-order valence-electron chi connectivity index (χ2n) is 6.58. The second-order valence-corrected chi connectivity index (χ2v) is 7.52. The zero-order valence-corrected chi connectivity index (χ0v) is 19.7. The highest BCUT2D eigenvalue weighted by atomic mass is 127. The van der Waals surface area contributed by atoms with Crippen LogP contribution in [-0.4, -0.2) is 42.7 Å². The molecule has 2 N–H and O–H groups in total. The van der Waals surface area contributed by atoms with E-state index in [0.29, 0.717) is 37.1 Å². The fraction of sp³-hybridized carbons (Fsp3) is 0.722. The third-order valence-electron chi connectivity index (χ3n) is 4.47. The van der Waals surface area contributed by atoms with E-state index < -0.39 is 11.9 Å². The number of nitrogens with one attached hydrogen (secondary N) is 2. The topological polar surface area (TPSA) is 75.6 Å². The third kappa shape index (κ3) is 8.65. The van der Waals surface area contributed by atoms with Crippen LogP contribution in [0.2, 0.25) is 0 Å². The van der Waals surface area contributed by atoms with Crippen molar-refractivity contribution in [2.75, 3.05) is 19.7 Å². The number of esters is 1. The van der Waals surface area contributed by atoms with Crippen LogP contribution in [0, 0.1) is 5.92 Å². The zero-order valence-electron chi connectivity index (χ0n) is 16.6. The molecule has 0 unspecified atom stereocenters. The number of guanidine groups is 1. The van der Waals surface area contributed by atoms with Crippen molar-refractivity contribution in [2.24, 2.45) is 10.9 Å². The molecule has 0 aromatic carbocycles. The average Bonchev–Trinajstić information content (AvgIpc) is 3.12. The molecule has 1 aliphatic rings. The number of halogens is 4. The van der Waals surface area contributed by atoms with Crippen molar-refractivity contribution in [3.63, 3.8) is 0 Å². The van der Waals surface area contributed by atoms with Gasteiger partial charge in [0.05, 0.1) is 17.5 Å². The third-order valence-corrected chi connectivity index (χ3v) is 5.38. The van der Waals surface area contributed by atoms with Gasteiger partial charge in [-0.3, -0.25) is 9.79 Å². The van der Waals surface area contributed by atoms with Crippen molar-refractivity contribution in [3.05, 3.63) is 16.1 Å². The van der Waals surface area contributed by atoms with Gasteiger partial charge in [0, 0.05) is 30.9 Å². The first kappa shape index (κ1) is 25.9. The minimum atomic E-state index is -4.41. The molecular weight excluding hydrogens is 520 g/mol. The molecule has 1 fully saturated rings. The van der Waals surface area contributed by atoms with Crippen molar-refractivity contribution in [3.8, 4) is 0 Å². The van der Waals surface area contributed by atoms with E-state index in [-0.39, 0.29) is 41.9 Å². The maximum absolute atomic E-state index is 12.6. The number of hydrogen-bond acceptors (Lipinski definition) is 5. The monoisotopic (exact) mass is 548 g/mol. The van der Waals surface area contributed by atoms with Crippen molar-refractivity contribution >= 4 is 47.2 Å². The summed E-state index contributed by atoms with van der Waals surface area (Å²) >= 11 is 0.999. The highest BCUT2D eigenvalue weighted by Crippen LogP contribution is 2.30. The number of carbonyl (C=O) groups is 1. The Labute approximate surface area is 190 Å². The van der Waals surface area contributed by atoms with Gasteiger partial charge in [-0.15, -0.1) is 35.3 Å². The molecule has 0 bridgehead atoms. The Kier molecular flexibility index (Phi) is 11.2. The molecule has 1 aromatic heterocycles. The lowest BCUT2D eigenvalue weighted by molar-refractivity contribution is -0.149. The van der Waals surface area contributed by atoms with Crippen LogP contribution in [-0.2, 0) is 22.1 Å². The Morgan fingerprint density at radius 2 is 2.00 bits per heavy atom. The Balaban J connectivity index is 0.00000420. The minimum absolute atomic E-state index is 0. The predicted molar refractivity (Wildman–Crippen MR) is 118 cm³/mol. The molecule has 2 rings (SSSR count). The molecule has 0 aliphatic heterocycles. The van der Waals surface area contributed by atoms with E-state index >= 15 is 0 Å². The number of alkyl halides is 3. The largest absolute Gasteiger partial charge is 0.466 e. The SMILES string of the molecule is CCNC(=NCCc1nc(C(F)(F)F)cs1)NC1CCC(C(=O)OCC)CC1.I. The molecule has 1 aromatic rings. The summed E-state index contributed by atoms with van der Waals surface area (Å²) in [5.74, 6) is 0.475. The lowest BCUT2D eigenvalue weighted by atomic mass is 9.86. The lowest BCUT2D eigenvalue weighted by Gasteiger charge is -2.29. The number of carbonyl (C=O) groups excluding carboxylic acids is 1. The Morgan fingerprint density at radius 1 is 1.31 bits per heavy atom. The molecule has 0 spiro atoms. The summed E-state index contributed by atoms with van der Waals surface area (Å²) in [6.07, 6.45) is -0.821. The van der Waals surface area contributed by atoms with Gasteiger partial charge in [0.15, 0.2) is 11.7 Å². The van der Waals surface area contributed by atoms with Crippen LogP contribution in [0.3, 0.4) is 0 Å². The van der Waals surface area contributed by atoms with Crippen molar-refractivity contribution in [1.29, 1.82) is 0 Å². The maximum atomic E-state index is 12.6. The zero-order chi connectivity index (χ0) is 20.6. The first-order valence-corrected chi connectivity index (χ1v) is 10.4. The van der Waals surface area contributed by atoms with E-state index in [1.54, 1.807) is 6.92 Å². The van der Waals surface area contributed by atoms with Crippen LogP contribution >= 0.6 is 35.3 Å². The van der Waals surface area contributed by atoms with Gasteiger partial charge in [-0.1, -0.05) is 0 Å². The van der Waals surface area contributed by atoms with E-state index in [4.69, 9.17) is 4.74 Å². The second kappa shape index (κ2) is 12.6. The smallest absolute Gasteiger partial charge is 0.434 e. The predicted octanol–water partition coefficient (Wildman–Crippen LogP) is 4.00. The number of rotatable bonds is 7. The summed E-state index contributed by atoms with van der Waals surface area (Å²) in [7, 11) is 0. The number of hydrogen-bond donors (Lipinski definition) is 2. The molecular formula is C18H28F3IN4O2S. The number of nitrogens with zero attached hydrogens (tertiary/aromatic N) is 2. The quantitative estimate of drug-likeness (QED) is 0.233. The van der Waals surface area contributed by atoms with Gasteiger partial charge in [-0.25, -0.2) is 4.98 Å². The average molecular weight is 548 g/mol. The Bertz CT molecular complexity index is 662. The van der Waals surface area contributed by atoms with Crippen LogP contribution < -0.4 is 10.6 Å². The van der Waals surface area contributed by atoms with Crippen LogP contribution in [0.4, 0.5) is 13.2 Å². The van der Waals surface area contributed by atoms with Crippen LogP contribution in [0.5, 0.6) is 0 Å². The van der Waals surface area contributed by atoms with E-state index in [2.05, 4.69) is 20.6 Å². The van der Waals surface area contributed by atoms with Gasteiger partial charge < -0.3 is 15.4 Å². The minimum Gasteiger partial charge on any atom is -0.466 e. The summed E-state index contributed by atoms with van der Waals surface area (Å²) in [6, 6.07) is 0.208. The fourth-order valence-corrected chi connectivity index (χ4v) is 3.86. The normalized spacial score (nSPS) is 20.0. The molecule has 1 saturated carbocycles. The Morgan fingerprint density at radius 3 is 2.55 bits per heavy atom. The van der Waals surface area contributed by atoms with Crippen molar-refractivity contribution < 1.29 is 22.7 Å². The summed E-state index contributed by atoms with van der Waals surface area (Å²) in [4.78, 5) is 19.9. The van der Waals surface area contributed by atoms with Crippen LogP contribution in [0.15, 0.2) is 10.4 Å². The van der Waals surface area contributed by atoms with Crippen molar-refractivity contribution in [1.82, 2.24) is 15.6 Å². The van der Waals surface area contributed by atoms with Crippen molar-refractivity contribution in [2.45, 2.75) is 58.2 Å². The van der Waals surface area contributed by atoms with Gasteiger partial charge in [-0.05, 0) is 39.5 Å². The molecule has 1 aliphatic carbocycles. The number of aromatic nitrogens is 1. The lowest BCUT2D eigenvalue weighted by Crippen LogP contribution is -2.45. The molecule has 0 saturated heterocycles. The summed E-state index contributed by atoms with van der Waals surface area (Å²) in [5.41, 5.74) is -0.847. The van der Waals surface area contributed by atoms with Gasteiger partial charge in [0.25, 0.3) is 0 Å². The van der Waals surface area contributed by atoms with Crippen LogP contribution in [0.1, 0.15) is 50.2 Å². The van der Waals surface area contributed by atoms with Gasteiger partial charge >= 0.3 is 12.1 Å². The number of thiazole rings is 1. The maximum Gasteiger partial charge on any atom is 0.434 e. The summed E-state index contributed by atoms with van der Waals surface area (Å²) < 4.78 is 42.9. The van der Waals surface area contributed by atoms with Crippen LogP contribution in [0.25, 0.3) is 0 Å². The number of aliphatic imine (C=N–C) groups is 1. The molecule has 1 heterocycles. The fourth-order valence-electron chi connectivity index (χ4n) is 3.07. The first-order valence-electron chi connectivity index (χ1n) is 9.56. The number of ether oxygens (including phenoxy) is 1. The molecule has 0 amide bonds. The highest BCUT2D eigenvalue weighted by molar-refractivity contribution is 14.0. The molecule has 0 atom stereocenters. The van der Waals surface area contributed by atoms with E-state index in [9.17, 15) is 18.0 Å². The molecule has 166 valence electrons. The summed E-state index contributed by atoms with van der Waals surface area (Å²) in [6.45, 7) is 5.18. The molecule has 11 heteroatoms. The van der Waals surface area contributed by atoms with E-state index in [1.807, 2.05) is 6.92 Å².